The Morgan fingerprint density at radius 3 is 2.44 bits per heavy atom. The molecule has 2 nitrogen and oxygen atoms in total. The highest BCUT2D eigenvalue weighted by atomic mass is 19.2. The Hall–Kier alpha value is -2.17. The number of nitrogen functional groups attached to an aromatic ring is 1. The molecule has 0 unspecified atom stereocenters. The molecule has 0 spiro atoms. The van der Waals surface area contributed by atoms with E-state index in [0.29, 0.717) is 11.3 Å². The van der Waals surface area contributed by atoms with Gasteiger partial charge < -0.3 is 11.1 Å². The lowest BCUT2D eigenvalue weighted by Gasteiger charge is -2.10. The van der Waals surface area contributed by atoms with Gasteiger partial charge in [-0.25, -0.2) is 13.2 Å². The van der Waals surface area contributed by atoms with Crippen molar-refractivity contribution in [2.75, 3.05) is 11.1 Å². The van der Waals surface area contributed by atoms with Crippen molar-refractivity contribution in [1.82, 2.24) is 0 Å². The van der Waals surface area contributed by atoms with Crippen LogP contribution in [-0.2, 0) is 6.54 Å². The van der Waals surface area contributed by atoms with Crippen LogP contribution < -0.4 is 11.1 Å². The fourth-order valence-electron chi connectivity index (χ4n) is 1.54. The van der Waals surface area contributed by atoms with E-state index in [1.54, 1.807) is 6.07 Å². The summed E-state index contributed by atoms with van der Waals surface area (Å²) in [5, 5.41) is 2.86. The Bertz CT molecular complexity index is 570. The molecule has 0 fully saturated rings. The number of nitrogens with two attached hydrogens (primary N) is 1. The summed E-state index contributed by atoms with van der Waals surface area (Å²) in [5.41, 5.74) is 6.49. The van der Waals surface area contributed by atoms with Crippen molar-refractivity contribution in [3.63, 3.8) is 0 Å². The number of anilines is 2. The first-order valence-corrected chi connectivity index (χ1v) is 5.29. The van der Waals surface area contributed by atoms with Crippen LogP contribution in [0.2, 0.25) is 0 Å². The molecule has 0 aliphatic heterocycles. The lowest BCUT2D eigenvalue weighted by Crippen LogP contribution is -2.04. The van der Waals surface area contributed by atoms with Crippen molar-refractivity contribution in [3.05, 3.63) is 59.4 Å². The number of hydrogen-bond donors (Lipinski definition) is 2. The fourth-order valence-corrected chi connectivity index (χ4v) is 1.54. The van der Waals surface area contributed by atoms with Crippen molar-refractivity contribution in [2.45, 2.75) is 6.54 Å². The molecule has 3 N–H and O–H groups in total. The monoisotopic (exact) mass is 252 g/mol. The van der Waals surface area contributed by atoms with Crippen molar-refractivity contribution in [1.29, 1.82) is 0 Å². The molecule has 0 heterocycles. The Morgan fingerprint density at radius 1 is 0.944 bits per heavy atom. The zero-order valence-corrected chi connectivity index (χ0v) is 9.38. The van der Waals surface area contributed by atoms with E-state index in [1.165, 1.54) is 18.2 Å². The van der Waals surface area contributed by atoms with E-state index < -0.39 is 17.5 Å². The molecular weight excluding hydrogens is 241 g/mol. The van der Waals surface area contributed by atoms with Crippen molar-refractivity contribution in [3.8, 4) is 0 Å². The van der Waals surface area contributed by atoms with E-state index in [2.05, 4.69) is 5.32 Å². The van der Waals surface area contributed by atoms with Gasteiger partial charge in [0.05, 0.1) is 11.4 Å². The van der Waals surface area contributed by atoms with E-state index in [4.69, 9.17) is 5.73 Å². The highest BCUT2D eigenvalue weighted by molar-refractivity contribution is 5.66. The number of benzene rings is 2. The van der Waals surface area contributed by atoms with E-state index in [1.807, 2.05) is 0 Å². The van der Waals surface area contributed by atoms with Crippen molar-refractivity contribution >= 4 is 11.4 Å². The lowest BCUT2D eigenvalue weighted by molar-refractivity contribution is 0.507. The second-order valence-electron chi connectivity index (χ2n) is 3.80. The second kappa shape index (κ2) is 5.00. The zero-order valence-electron chi connectivity index (χ0n) is 9.38. The molecule has 18 heavy (non-hydrogen) atoms. The predicted molar refractivity (Wildman–Crippen MR) is 64.5 cm³/mol. The second-order valence-corrected chi connectivity index (χ2v) is 3.80. The topological polar surface area (TPSA) is 38.0 Å². The first kappa shape index (κ1) is 12.3. The molecule has 94 valence electrons. The predicted octanol–water partition coefficient (Wildman–Crippen LogP) is 3.30. The van der Waals surface area contributed by atoms with Crippen LogP contribution in [0, 0.1) is 17.5 Å². The number of para-hydroxylation sites is 1. The number of nitrogens with one attached hydrogen (secondary N) is 1. The summed E-state index contributed by atoms with van der Waals surface area (Å²) in [6, 6.07) is 7.94. The smallest absolute Gasteiger partial charge is 0.159 e. The van der Waals surface area contributed by atoms with Crippen LogP contribution in [0.4, 0.5) is 24.5 Å². The van der Waals surface area contributed by atoms with Crippen LogP contribution >= 0.6 is 0 Å². The van der Waals surface area contributed by atoms with Gasteiger partial charge in [0.25, 0.3) is 0 Å². The summed E-state index contributed by atoms with van der Waals surface area (Å²) in [5.74, 6) is -2.34. The summed E-state index contributed by atoms with van der Waals surface area (Å²) in [6.07, 6.45) is 0. The van der Waals surface area contributed by atoms with Crippen LogP contribution in [0.1, 0.15) is 5.56 Å². The Labute approximate surface area is 102 Å². The van der Waals surface area contributed by atoms with E-state index in [9.17, 15) is 13.2 Å². The van der Waals surface area contributed by atoms with Gasteiger partial charge in [0.1, 0.15) is 5.82 Å². The molecule has 0 atom stereocenters. The molecule has 2 rings (SSSR count). The molecule has 0 aliphatic rings. The van der Waals surface area contributed by atoms with Gasteiger partial charge in [-0.15, -0.1) is 0 Å². The highest BCUT2D eigenvalue weighted by Gasteiger charge is 2.05. The minimum Gasteiger partial charge on any atom is -0.395 e. The SMILES string of the molecule is Nc1c(F)cccc1NCc1ccc(F)c(F)c1. The Morgan fingerprint density at radius 2 is 1.72 bits per heavy atom. The first-order chi connectivity index (χ1) is 8.58. The summed E-state index contributed by atoms with van der Waals surface area (Å²) in [7, 11) is 0. The van der Waals surface area contributed by atoms with Crippen LogP contribution in [-0.4, -0.2) is 0 Å². The van der Waals surface area contributed by atoms with E-state index in [-0.39, 0.29) is 12.2 Å². The van der Waals surface area contributed by atoms with Gasteiger partial charge in [0.2, 0.25) is 0 Å². The van der Waals surface area contributed by atoms with Gasteiger partial charge >= 0.3 is 0 Å². The molecule has 5 heteroatoms. The lowest BCUT2D eigenvalue weighted by atomic mass is 10.2. The molecule has 0 radical (unpaired) electrons. The van der Waals surface area contributed by atoms with Gasteiger partial charge in [-0.1, -0.05) is 12.1 Å². The van der Waals surface area contributed by atoms with E-state index >= 15 is 0 Å². The van der Waals surface area contributed by atoms with E-state index in [0.717, 1.165) is 12.1 Å². The van der Waals surface area contributed by atoms with Crippen LogP contribution in [0.15, 0.2) is 36.4 Å². The van der Waals surface area contributed by atoms with Gasteiger partial charge in [0, 0.05) is 6.54 Å². The maximum atomic E-state index is 13.1. The maximum absolute atomic E-state index is 13.1. The molecular formula is C13H11F3N2. The van der Waals surface area contributed by atoms with Gasteiger partial charge in [-0.2, -0.15) is 0 Å². The third-order valence-corrected chi connectivity index (χ3v) is 2.52. The molecule has 0 amide bonds. The average molecular weight is 252 g/mol. The van der Waals surface area contributed by atoms with Gasteiger partial charge in [0.15, 0.2) is 11.6 Å². The summed E-state index contributed by atoms with van der Waals surface area (Å²) < 4.78 is 38.8. The summed E-state index contributed by atoms with van der Waals surface area (Å²) in [6.45, 7) is 0.227. The molecule has 0 aliphatic carbocycles. The Kier molecular flexibility index (Phi) is 3.41. The quantitative estimate of drug-likeness (QED) is 0.822. The zero-order chi connectivity index (χ0) is 13.1. The molecule has 2 aromatic rings. The third kappa shape index (κ3) is 2.56. The van der Waals surface area contributed by atoms with Crippen LogP contribution in [0.3, 0.4) is 0 Å². The fraction of sp³-hybridized carbons (Fsp3) is 0.0769. The van der Waals surface area contributed by atoms with Crippen molar-refractivity contribution in [2.24, 2.45) is 0 Å². The standard InChI is InChI=1S/C13H11F3N2/c14-9-5-4-8(6-11(9)16)7-18-12-3-1-2-10(15)13(12)17/h1-6,18H,7,17H2. The minimum absolute atomic E-state index is 0.0000774. The molecule has 0 aromatic heterocycles. The van der Waals surface area contributed by atoms with Crippen LogP contribution in [0.25, 0.3) is 0 Å². The third-order valence-electron chi connectivity index (χ3n) is 2.52. The largest absolute Gasteiger partial charge is 0.395 e. The van der Waals surface area contributed by atoms with Crippen LogP contribution in [0.5, 0.6) is 0 Å². The minimum atomic E-state index is -0.915. The molecule has 0 saturated carbocycles. The Balaban J connectivity index is 2.11. The maximum Gasteiger partial charge on any atom is 0.159 e. The number of hydrogen-bond acceptors (Lipinski definition) is 2. The first-order valence-electron chi connectivity index (χ1n) is 5.29. The molecule has 0 saturated heterocycles. The highest BCUT2D eigenvalue weighted by Crippen LogP contribution is 2.22. The van der Waals surface area contributed by atoms with Crippen molar-refractivity contribution < 1.29 is 13.2 Å². The summed E-state index contributed by atoms with van der Waals surface area (Å²) >= 11 is 0. The normalized spacial score (nSPS) is 10.4. The van der Waals surface area contributed by atoms with Gasteiger partial charge in [-0.3, -0.25) is 0 Å². The number of halogens is 3. The summed E-state index contributed by atoms with van der Waals surface area (Å²) in [4.78, 5) is 0. The van der Waals surface area contributed by atoms with Gasteiger partial charge in [-0.05, 0) is 29.8 Å². The molecule has 0 bridgehead atoms. The molecule has 2 aromatic carbocycles. The number of rotatable bonds is 3. The average Bonchev–Trinajstić information content (AvgIpc) is 2.35.